The zero-order valence-corrected chi connectivity index (χ0v) is 11.6. The molecular weight excluding hydrogens is 242 g/mol. The summed E-state index contributed by atoms with van der Waals surface area (Å²) in [5, 5.41) is 3.41. The quantitative estimate of drug-likeness (QED) is 0.906. The first-order chi connectivity index (χ1) is 8.93. The zero-order chi connectivity index (χ0) is 12.2. The molecule has 0 aromatic heterocycles. The van der Waals surface area contributed by atoms with E-state index in [1.54, 1.807) is 0 Å². The second-order valence-corrected chi connectivity index (χ2v) is 6.36. The van der Waals surface area contributed by atoms with Gasteiger partial charge in [-0.05, 0) is 54.5 Å². The molecule has 0 saturated carbocycles. The van der Waals surface area contributed by atoms with Crippen molar-refractivity contribution < 1.29 is 4.74 Å². The highest BCUT2D eigenvalue weighted by Crippen LogP contribution is 2.28. The van der Waals surface area contributed by atoms with Gasteiger partial charge < -0.3 is 10.1 Å². The van der Waals surface area contributed by atoms with E-state index in [0.29, 0.717) is 0 Å². The number of fused-ring (bicyclic) bond motifs is 1. The molecule has 0 radical (unpaired) electrons. The summed E-state index contributed by atoms with van der Waals surface area (Å²) in [5.74, 6) is 4.49. The molecule has 3 rings (SSSR count). The van der Waals surface area contributed by atoms with E-state index in [-0.39, 0.29) is 0 Å². The van der Waals surface area contributed by atoms with Gasteiger partial charge in [0.2, 0.25) is 0 Å². The first-order valence-electron chi connectivity index (χ1n) is 6.95. The van der Waals surface area contributed by atoms with Crippen molar-refractivity contribution in [3.05, 3.63) is 29.3 Å². The van der Waals surface area contributed by atoms with E-state index in [1.165, 1.54) is 35.5 Å². The summed E-state index contributed by atoms with van der Waals surface area (Å²) < 4.78 is 6.10. The summed E-state index contributed by atoms with van der Waals surface area (Å²) >= 11 is 2.08. The predicted molar refractivity (Wildman–Crippen MR) is 77.4 cm³/mol. The van der Waals surface area contributed by atoms with Crippen LogP contribution < -0.4 is 10.1 Å². The number of rotatable bonds is 3. The molecule has 2 nitrogen and oxygen atoms in total. The Morgan fingerprint density at radius 2 is 2.39 bits per heavy atom. The maximum Gasteiger partial charge on any atom is 0.122 e. The highest BCUT2D eigenvalue weighted by atomic mass is 32.2. The van der Waals surface area contributed by atoms with Gasteiger partial charge in [0.15, 0.2) is 0 Å². The molecule has 3 heteroatoms. The second kappa shape index (κ2) is 5.98. The van der Waals surface area contributed by atoms with E-state index < -0.39 is 0 Å². The standard InChI is InChI=1S/C15H21NOS/c1-4-13-9-16-7-6-14(13)15(5-1)17-10-12-3-2-8-18-11-12/h1,4-5,12,16H,2-3,6-11H2. The van der Waals surface area contributed by atoms with Crippen LogP contribution in [0.2, 0.25) is 0 Å². The van der Waals surface area contributed by atoms with Gasteiger partial charge in [-0.2, -0.15) is 11.8 Å². The molecule has 0 bridgehead atoms. The van der Waals surface area contributed by atoms with Gasteiger partial charge >= 0.3 is 0 Å². The molecule has 1 atom stereocenters. The first kappa shape index (κ1) is 12.4. The molecule has 0 aliphatic carbocycles. The Morgan fingerprint density at radius 1 is 1.39 bits per heavy atom. The van der Waals surface area contributed by atoms with E-state index in [4.69, 9.17) is 4.74 Å². The van der Waals surface area contributed by atoms with Gasteiger partial charge in [0.25, 0.3) is 0 Å². The first-order valence-corrected chi connectivity index (χ1v) is 8.11. The number of ether oxygens (including phenoxy) is 1. The lowest BCUT2D eigenvalue weighted by molar-refractivity contribution is 0.249. The number of hydrogen-bond donors (Lipinski definition) is 1. The summed E-state index contributed by atoms with van der Waals surface area (Å²) in [7, 11) is 0. The molecule has 2 aliphatic rings. The summed E-state index contributed by atoms with van der Waals surface area (Å²) in [6.07, 6.45) is 3.80. The Bertz CT molecular complexity index is 401. The van der Waals surface area contributed by atoms with E-state index in [1.807, 2.05) is 0 Å². The van der Waals surface area contributed by atoms with Crippen molar-refractivity contribution in [1.82, 2.24) is 5.32 Å². The molecule has 1 saturated heterocycles. The number of thioether (sulfide) groups is 1. The molecule has 1 unspecified atom stereocenters. The van der Waals surface area contributed by atoms with Crippen LogP contribution >= 0.6 is 11.8 Å². The smallest absolute Gasteiger partial charge is 0.122 e. The molecular formula is C15H21NOS. The molecule has 1 N–H and O–H groups in total. The Hall–Kier alpha value is -0.670. The van der Waals surface area contributed by atoms with Gasteiger partial charge in [0.05, 0.1) is 6.61 Å². The fraction of sp³-hybridized carbons (Fsp3) is 0.600. The minimum Gasteiger partial charge on any atom is -0.493 e. The van der Waals surface area contributed by atoms with Crippen LogP contribution in [0, 0.1) is 5.92 Å². The van der Waals surface area contributed by atoms with E-state index in [2.05, 4.69) is 35.3 Å². The average Bonchev–Trinajstić information content (AvgIpc) is 2.46. The predicted octanol–water partition coefficient (Wildman–Crippen LogP) is 2.85. The number of benzene rings is 1. The maximum atomic E-state index is 6.10. The average molecular weight is 263 g/mol. The molecule has 18 heavy (non-hydrogen) atoms. The largest absolute Gasteiger partial charge is 0.493 e. The molecule has 1 fully saturated rings. The summed E-state index contributed by atoms with van der Waals surface area (Å²) in [6, 6.07) is 6.47. The van der Waals surface area contributed by atoms with Crippen molar-refractivity contribution in [2.24, 2.45) is 5.92 Å². The monoisotopic (exact) mass is 263 g/mol. The van der Waals surface area contributed by atoms with Crippen molar-refractivity contribution in [2.75, 3.05) is 24.7 Å². The van der Waals surface area contributed by atoms with E-state index in [0.717, 1.165) is 37.8 Å². The van der Waals surface area contributed by atoms with Gasteiger partial charge in [-0.25, -0.2) is 0 Å². The van der Waals surface area contributed by atoms with Crippen molar-refractivity contribution in [3.63, 3.8) is 0 Å². The minimum atomic E-state index is 0.751. The fourth-order valence-electron chi connectivity index (χ4n) is 2.78. The Labute approximate surface area is 113 Å². The van der Waals surface area contributed by atoms with Gasteiger partial charge in [-0.1, -0.05) is 12.1 Å². The van der Waals surface area contributed by atoms with Crippen molar-refractivity contribution >= 4 is 11.8 Å². The lowest BCUT2D eigenvalue weighted by Crippen LogP contribution is -2.25. The van der Waals surface area contributed by atoms with Crippen LogP contribution in [0.4, 0.5) is 0 Å². The Kier molecular flexibility index (Phi) is 4.11. The van der Waals surface area contributed by atoms with Crippen LogP contribution in [-0.2, 0) is 13.0 Å². The molecule has 0 amide bonds. The second-order valence-electron chi connectivity index (χ2n) is 5.21. The Balaban J connectivity index is 1.65. The van der Waals surface area contributed by atoms with E-state index in [9.17, 15) is 0 Å². The van der Waals surface area contributed by atoms with E-state index >= 15 is 0 Å². The third-order valence-corrected chi connectivity index (χ3v) is 5.11. The maximum absolute atomic E-state index is 6.10. The number of nitrogens with one attached hydrogen (secondary N) is 1. The van der Waals surface area contributed by atoms with Crippen molar-refractivity contribution in [2.45, 2.75) is 25.8 Å². The van der Waals surface area contributed by atoms with Crippen LogP contribution in [-0.4, -0.2) is 24.7 Å². The van der Waals surface area contributed by atoms with Crippen LogP contribution in [0.5, 0.6) is 5.75 Å². The number of hydrogen-bond acceptors (Lipinski definition) is 3. The molecule has 1 aromatic carbocycles. The molecule has 0 spiro atoms. The molecule has 2 heterocycles. The van der Waals surface area contributed by atoms with Crippen LogP contribution in [0.3, 0.4) is 0 Å². The summed E-state index contributed by atoms with van der Waals surface area (Å²) in [6.45, 7) is 2.97. The van der Waals surface area contributed by atoms with Gasteiger partial charge in [0, 0.05) is 12.5 Å². The zero-order valence-electron chi connectivity index (χ0n) is 10.8. The Morgan fingerprint density at radius 3 is 3.28 bits per heavy atom. The molecule has 98 valence electrons. The van der Waals surface area contributed by atoms with Crippen LogP contribution in [0.1, 0.15) is 24.0 Å². The van der Waals surface area contributed by atoms with Crippen LogP contribution in [0.25, 0.3) is 0 Å². The third-order valence-electron chi connectivity index (χ3n) is 3.83. The molecule has 2 aliphatic heterocycles. The topological polar surface area (TPSA) is 21.3 Å². The third kappa shape index (κ3) is 2.83. The van der Waals surface area contributed by atoms with Crippen molar-refractivity contribution in [1.29, 1.82) is 0 Å². The summed E-state index contributed by atoms with van der Waals surface area (Å²) in [5.41, 5.74) is 2.84. The van der Waals surface area contributed by atoms with Crippen molar-refractivity contribution in [3.8, 4) is 5.75 Å². The lowest BCUT2D eigenvalue weighted by Gasteiger charge is -2.24. The highest BCUT2D eigenvalue weighted by molar-refractivity contribution is 7.99. The minimum absolute atomic E-state index is 0.751. The van der Waals surface area contributed by atoms with Gasteiger partial charge in [0.1, 0.15) is 5.75 Å². The highest BCUT2D eigenvalue weighted by Gasteiger charge is 2.17. The fourth-order valence-corrected chi connectivity index (χ4v) is 3.91. The SMILES string of the molecule is c1cc2c(c(OCC3CCCSC3)c1)CCNC2. The van der Waals surface area contributed by atoms with Gasteiger partial charge in [-0.15, -0.1) is 0 Å². The molecule has 1 aromatic rings. The van der Waals surface area contributed by atoms with Gasteiger partial charge in [-0.3, -0.25) is 0 Å². The summed E-state index contributed by atoms with van der Waals surface area (Å²) in [4.78, 5) is 0. The lowest BCUT2D eigenvalue weighted by atomic mass is 10.00. The normalized spacial score (nSPS) is 23.4. The van der Waals surface area contributed by atoms with Crippen LogP contribution in [0.15, 0.2) is 18.2 Å².